The Morgan fingerprint density at radius 1 is 1.18 bits per heavy atom. The molecule has 0 amide bonds. The van der Waals surface area contributed by atoms with Crippen LogP contribution in [0.4, 0.5) is 0 Å². The molecule has 0 aliphatic carbocycles. The highest BCUT2D eigenvalue weighted by molar-refractivity contribution is 5.80. The minimum atomic E-state index is 0.585. The molecule has 4 radical (unpaired) electrons. The number of benzene rings is 1. The third-order valence-corrected chi connectivity index (χ3v) is 1.64. The maximum Gasteiger partial charge on any atom is 0.0653 e. The molecule has 2 nitrogen and oxygen atoms in total. The Morgan fingerprint density at radius 3 is 2.73 bits per heavy atom. The number of aromatic nitrogens is 2. The van der Waals surface area contributed by atoms with Crippen LogP contribution in [0.25, 0.3) is 10.9 Å². The molecular weight excluding hydrogens is 136 g/mol. The molecule has 2 aromatic rings. The highest BCUT2D eigenvalue weighted by Gasteiger charge is 1.97. The van der Waals surface area contributed by atoms with Gasteiger partial charge in [-0.25, -0.2) is 0 Å². The Hall–Kier alpha value is -1.31. The van der Waals surface area contributed by atoms with Crippen molar-refractivity contribution in [1.82, 2.24) is 10.2 Å². The summed E-state index contributed by atoms with van der Waals surface area (Å²) < 4.78 is 0. The van der Waals surface area contributed by atoms with E-state index >= 15 is 0 Å². The molecule has 1 aromatic carbocycles. The fourth-order valence-corrected chi connectivity index (χ4v) is 1.03. The number of fused-ring (bicyclic) bond motifs is 1. The molecule has 11 heavy (non-hydrogen) atoms. The normalized spacial score (nSPS) is 10.7. The van der Waals surface area contributed by atoms with Crippen LogP contribution < -0.4 is 0 Å². The number of hydrogen-bond acceptors (Lipinski definition) is 1. The second kappa shape index (κ2) is 2.09. The molecule has 0 saturated carbocycles. The van der Waals surface area contributed by atoms with Crippen molar-refractivity contribution in [3.05, 3.63) is 43.3 Å². The molecule has 1 N–H and O–H groups in total. The van der Waals surface area contributed by atoms with Crippen molar-refractivity contribution in [3.63, 3.8) is 0 Å². The zero-order valence-corrected chi connectivity index (χ0v) is 5.83. The van der Waals surface area contributed by atoms with Gasteiger partial charge in [0.1, 0.15) is 0 Å². The van der Waals surface area contributed by atoms with Crippen LogP contribution in [-0.4, -0.2) is 10.2 Å². The first-order valence-corrected chi connectivity index (χ1v) is 3.25. The molecule has 0 atom stereocenters. The van der Waals surface area contributed by atoms with Gasteiger partial charge in [0, 0.05) is 5.39 Å². The lowest BCUT2D eigenvalue weighted by atomic mass is 10.1. The number of H-pyrrole nitrogens is 1. The number of nitrogens with zero attached hydrogens (tertiary/aromatic N) is 1. The van der Waals surface area contributed by atoms with Crippen LogP contribution in [0.3, 0.4) is 0 Å². The van der Waals surface area contributed by atoms with Crippen LogP contribution in [0.1, 0.15) is 11.1 Å². The monoisotopic (exact) mass is 142 g/mol. The summed E-state index contributed by atoms with van der Waals surface area (Å²) in [5, 5.41) is 7.63. The third kappa shape index (κ3) is 0.909. The van der Waals surface area contributed by atoms with E-state index in [0.29, 0.717) is 11.1 Å². The van der Waals surface area contributed by atoms with Crippen LogP contribution in [0.15, 0.2) is 18.3 Å². The molecular formula is C9H6N2. The van der Waals surface area contributed by atoms with Crippen LogP contribution in [0.2, 0.25) is 0 Å². The lowest BCUT2D eigenvalue weighted by molar-refractivity contribution is 1.12. The van der Waals surface area contributed by atoms with E-state index in [1.54, 1.807) is 18.3 Å². The largest absolute Gasteiger partial charge is 0.278 e. The van der Waals surface area contributed by atoms with Gasteiger partial charge in [-0.15, -0.1) is 0 Å². The summed E-state index contributed by atoms with van der Waals surface area (Å²) in [7, 11) is 0. The summed E-state index contributed by atoms with van der Waals surface area (Å²) in [6, 6.07) is 3.58. The summed E-state index contributed by atoms with van der Waals surface area (Å²) in [6.45, 7) is 11.2. The topological polar surface area (TPSA) is 28.7 Å². The zero-order valence-electron chi connectivity index (χ0n) is 5.83. The van der Waals surface area contributed by atoms with E-state index in [1.165, 1.54) is 0 Å². The molecule has 0 spiro atoms. The lowest BCUT2D eigenvalue weighted by Crippen LogP contribution is -1.79. The summed E-state index contributed by atoms with van der Waals surface area (Å²) in [4.78, 5) is 0. The summed E-state index contributed by atoms with van der Waals surface area (Å²) in [5.41, 5.74) is 2.09. The molecule has 1 aromatic heterocycles. The molecule has 1 heterocycles. The minimum Gasteiger partial charge on any atom is -0.278 e. The number of rotatable bonds is 0. The quantitative estimate of drug-likeness (QED) is 0.595. The van der Waals surface area contributed by atoms with Crippen LogP contribution in [0, 0.1) is 13.8 Å². The van der Waals surface area contributed by atoms with Gasteiger partial charge in [0.25, 0.3) is 0 Å². The van der Waals surface area contributed by atoms with E-state index in [-0.39, 0.29) is 0 Å². The number of nitrogens with one attached hydrogen (secondary N) is 1. The van der Waals surface area contributed by atoms with Crippen molar-refractivity contribution in [2.45, 2.75) is 0 Å². The standard InChI is InChI=1S/C9H6N2/c1-6-3-8-5-10-11-9(8)4-7(6)2/h1-5H,(H,10,11). The van der Waals surface area contributed by atoms with Gasteiger partial charge in [-0.2, -0.15) is 5.10 Å². The van der Waals surface area contributed by atoms with Crippen molar-refractivity contribution >= 4 is 10.9 Å². The smallest absolute Gasteiger partial charge is 0.0653 e. The molecule has 52 valence electrons. The van der Waals surface area contributed by atoms with Gasteiger partial charge < -0.3 is 0 Å². The SMILES string of the molecule is [CH]c1cc2cn[nH]c2cc1[CH]. The van der Waals surface area contributed by atoms with Crippen molar-refractivity contribution < 1.29 is 0 Å². The minimum absolute atomic E-state index is 0.585. The first-order chi connectivity index (χ1) is 5.27. The van der Waals surface area contributed by atoms with Crippen LogP contribution >= 0.6 is 0 Å². The zero-order chi connectivity index (χ0) is 7.84. The van der Waals surface area contributed by atoms with Gasteiger partial charge in [-0.05, 0) is 37.1 Å². The molecule has 0 bridgehead atoms. The highest BCUT2D eigenvalue weighted by atomic mass is 15.1. The number of aromatic amines is 1. The second-order valence-electron chi connectivity index (χ2n) is 2.44. The Balaban J connectivity index is 2.86. The predicted octanol–water partition coefficient (Wildman–Crippen LogP) is 1.68. The third-order valence-electron chi connectivity index (χ3n) is 1.64. The van der Waals surface area contributed by atoms with E-state index in [0.717, 1.165) is 10.9 Å². The van der Waals surface area contributed by atoms with Crippen molar-refractivity contribution in [2.24, 2.45) is 0 Å². The van der Waals surface area contributed by atoms with Crippen LogP contribution in [0.5, 0.6) is 0 Å². The van der Waals surface area contributed by atoms with E-state index in [1.807, 2.05) is 0 Å². The first-order valence-electron chi connectivity index (χ1n) is 3.25. The van der Waals surface area contributed by atoms with Crippen molar-refractivity contribution in [1.29, 1.82) is 0 Å². The molecule has 0 aliphatic heterocycles. The fourth-order valence-electron chi connectivity index (χ4n) is 1.03. The van der Waals surface area contributed by atoms with E-state index in [9.17, 15) is 0 Å². The highest BCUT2D eigenvalue weighted by Crippen LogP contribution is 2.15. The summed E-state index contributed by atoms with van der Waals surface area (Å²) >= 11 is 0. The maximum atomic E-state index is 5.58. The molecule has 0 aliphatic rings. The lowest BCUT2D eigenvalue weighted by Gasteiger charge is -1.96. The van der Waals surface area contributed by atoms with Gasteiger partial charge in [0.15, 0.2) is 0 Å². The second-order valence-corrected chi connectivity index (χ2v) is 2.44. The molecule has 0 saturated heterocycles. The van der Waals surface area contributed by atoms with E-state index in [2.05, 4.69) is 10.2 Å². The maximum absolute atomic E-state index is 5.58. The predicted molar refractivity (Wildman–Crippen MR) is 42.9 cm³/mol. The van der Waals surface area contributed by atoms with Crippen molar-refractivity contribution in [3.8, 4) is 0 Å². The van der Waals surface area contributed by atoms with E-state index < -0.39 is 0 Å². The molecule has 0 unspecified atom stereocenters. The van der Waals surface area contributed by atoms with Crippen molar-refractivity contribution in [2.75, 3.05) is 0 Å². The van der Waals surface area contributed by atoms with E-state index in [4.69, 9.17) is 13.8 Å². The summed E-state index contributed by atoms with van der Waals surface area (Å²) in [6.07, 6.45) is 1.71. The molecule has 2 heteroatoms. The van der Waals surface area contributed by atoms with Gasteiger partial charge in [-0.1, -0.05) is 0 Å². The molecule has 0 fully saturated rings. The van der Waals surface area contributed by atoms with Crippen LogP contribution in [-0.2, 0) is 0 Å². The Labute approximate surface area is 65.2 Å². The van der Waals surface area contributed by atoms with Gasteiger partial charge in [0.2, 0.25) is 0 Å². The fraction of sp³-hybridized carbons (Fsp3) is 0. The Bertz CT molecular complexity index is 351. The number of hydrogen-bond donors (Lipinski definition) is 1. The average Bonchev–Trinajstić information content (AvgIpc) is 2.36. The summed E-state index contributed by atoms with van der Waals surface area (Å²) in [5.74, 6) is 0. The average molecular weight is 142 g/mol. The Kier molecular flexibility index (Phi) is 1.22. The van der Waals surface area contributed by atoms with Gasteiger partial charge in [-0.3, -0.25) is 5.10 Å². The first kappa shape index (κ1) is 6.40. The van der Waals surface area contributed by atoms with Gasteiger partial charge in [0.05, 0.1) is 11.7 Å². The Morgan fingerprint density at radius 2 is 1.91 bits per heavy atom. The van der Waals surface area contributed by atoms with Gasteiger partial charge >= 0.3 is 0 Å². The molecule has 2 rings (SSSR count).